The summed E-state index contributed by atoms with van der Waals surface area (Å²) < 4.78 is 0. The lowest BCUT2D eigenvalue weighted by atomic mass is 9.84. The van der Waals surface area contributed by atoms with Crippen LogP contribution in [0.2, 0.25) is 0 Å². The second-order valence-corrected chi connectivity index (χ2v) is 5.82. The van der Waals surface area contributed by atoms with E-state index in [1.807, 2.05) is 31.0 Å². The van der Waals surface area contributed by atoms with Crippen molar-refractivity contribution >= 4 is 18.6 Å². The molecule has 4 nitrogen and oxygen atoms in total. The van der Waals surface area contributed by atoms with Gasteiger partial charge in [-0.25, -0.2) is 5.43 Å². The van der Waals surface area contributed by atoms with E-state index in [2.05, 4.69) is 63.7 Å². The van der Waals surface area contributed by atoms with E-state index in [1.165, 1.54) is 16.7 Å². The number of pyridine rings is 1. The van der Waals surface area contributed by atoms with Gasteiger partial charge in [0, 0.05) is 36.9 Å². The second kappa shape index (κ2) is 6.52. The van der Waals surface area contributed by atoms with Crippen LogP contribution in [0.4, 0.5) is 0 Å². The van der Waals surface area contributed by atoms with Crippen LogP contribution in [0.25, 0.3) is 0 Å². The van der Waals surface area contributed by atoms with Gasteiger partial charge in [0.2, 0.25) is 0 Å². The highest BCUT2D eigenvalue weighted by Gasteiger charge is 2.41. The number of nitrogens with one attached hydrogen (secondary N) is 1. The molecule has 0 saturated carbocycles. The summed E-state index contributed by atoms with van der Waals surface area (Å²) in [5, 5.41) is 2.16. The molecule has 3 unspecified atom stereocenters. The van der Waals surface area contributed by atoms with Crippen molar-refractivity contribution in [2.45, 2.75) is 24.9 Å². The molecular weight excluding hydrogens is 308 g/mol. The summed E-state index contributed by atoms with van der Waals surface area (Å²) >= 11 is 0. The van der Waals surface area contributed by atoms with Crippen LogP contribution in [-0.2, 0) is 0 Å². The average Bonchev–Trinajstić information content (AvgIpc) is 2.96. The van der Waals surface area contributed by atoms with E-state index in [-0.39, 0.29) is 24.5 Å². The summed E-state index contributed by atoms with van der Waals surface area (Å²) in [5.41, 5.74) is 7.47. The molecule has 3 atom stereocenters. The molecule has 1 aromatic carbocycles. The van der Waals surface area contributed by atoms with Crippen molar-refractivity contribution in [1.29, 1.82) is 0 Å². The molecule has 1 saturated heterocycles. The smallest absolute Gasteiger partial charge is 0.0887 e. The molecule has 23 heavy (non-hydrogen) atoms. The van der Waals surface area contributed by atoms with Crippen LogP contribution < -0.4 is 5.43 Å². The summed E-state index contributed by atoms with van der Waals surface area (Å²) in [7, 11) is 0. The molecule has 2 aliphatic heterocycles. The van der Waals surface area contributed by atoms with Crippen LogP contribution >= 0.6 is 12.4 Å². The van der Waals surface area contributed by atoms with Gasteiger partial charge in [0.05, 0.1) is 12.1 Å². The van der Waals surface area contributed by atoms with Crippen LogP contribution in [0, 0.1) is 6.92 Å². The number of hydrogen-bond acceptors (Lipinski definition) is 4. The fraction of sp³-hybridized carbons (Fsp3) is 0.222. The van der Waals surface area contributed by atoms with Gasteiger partial charge in [-0.15, -0.1) is 12.4 Å². The molecule has 3 heterocycles. The molecule has 118 valence electrons. The predicted octanol–water partition coefficient (Wildman–Crippen LogP) is 3.38. The minimum absolute atomic E-state index is 0. The topological polar surface area (TPSA) is 40.5 Å². The summed E-state index contributed by atoms with van der Waals surface area (Å²) in [6, 6.07) is 13.4. The zero-order valence-electron chi connectivity index (χ0n) is 12.8. The number of hydrazine groups is 1. The molecule has 0 spiro atoms. The monoisotopic (exact) mass is 326 g/mol. The van der Waals surface area contributed by atoms with E-state index in [0.717, 1.165) is 0 Å². The highest BCUT2D eigenvalue weighted by atomic mass is 35.5. The van der Waals surface area contributed by atoms with Crippen molar-refractivity contribution in [2.24, 2.45) is 4.99 Å². The summed E-state index contributed by atoms with van der Waals surface area (Å²) in [5.74, 6) is 0.305. The molecule has 0 aliphatic carbocycles. The largest absolute Gasteiger partial charge is 0.304 e. The van der Waals surface area contributed by atoms with E-state index in [1.54, 1.807) is 0 Å². The Kier molecular flexibility index (Phi) is 4.46. The number of halogens is 1. The maximum absolute atomic E-state index is 4.33. The average molecular weight is 327 g/mol. The van der Waals surface area contributed by atoms with Crippen molar-refractivity contribution in [2.75, 3.05) is 0 Å². The molecular formula is C18H19ClN4. The lowest BCUT2D eigenvalue weighted by Crippen LogP contribution is -2.35. The highest BCUT2D eigenvalue weighted by molar-refractivity contribution is 5.85. The second-order valence-electron chi connectivity index (χ2n) is 5.82. The number of aromatic nitrogens is 1. The Morgan fingerprint density at radius 2 is 1.74 bits per heavy atom. The fourth-order valence-corrected chi connectivity index (χ4v) is 3.28. The quantitative estimate of drug-likeness (QED) is 0.919. The van der Waals surface area contributed by atoms with Gasteiger partial charge in [0.15, 0.2) is 0 Å². The number of fused-ring (bicyclic) bond motifs is 1. The van der Waals surface area contributed by atoms with Crippen LogP contribution in [0.1, 0.15) is 28.7 Å². The fourth-order valence-electron chi connectivity index (χ4n) is 3.28. The third kappa shape index (κ3) is 2.87. The zero-order valence-corrected chi connectivity index (χ0v) is 13.6. The van der Waals surface area contributed by atoms with Crippen LogP contribution in [-0.4, -0.2) is 22.2 Å². The van der Waals surface area contributed by atoms with Gasteiger partial charge in [-0.05, 0) is 30.2 Å². The standard InChI is InChI=1S/C18H18N4.ClH/c1-13-2-4-15(5-3-13)18-17(14-6-8-19-9-7-14)16-12-20-10-11-22(16)21-18;/h2-12,16-18,21H,1H3;1H. The van der Waals surface area contributed by atoms with Gasteiger partial charge in [0.25, 0.3) is 0 Å². The molecule has 4 rings (SSSR count). The van der Waals surface area contributed by atoms with Gasteiger partial charge in [0.1, 0.15) is 0 Å². The first-order chi connectivity index (χ1) is 10.8. The summed E-state index contributed by atoms with van der Waals surface area (Å²) in [4.78, 5) is 8.48. The number of benzene rings is 1. The summed E-state index contributed by atoms with van der Waals surface area (Å²) in [6.07, 6.45) is 9.57. The molecule has 2 aliphatic rings. The Morgan fingerprint density at radius 3 is 2.48 bits per heavy atom. The van der Waals surface area contributed by atoms with E-state index >= 15 is 0 Å². The normalized spacial score (nSPS) is 25.1. The Hall–Kier alpha value is -2.17. The predicted molar refractivity (Wildman–Crippen MR) is 94.5 cm³/mol. The van der Waals surface area contributed by atoms with Gasteiger partial charge < -0.3 is 5.01 Å². The molecule has 5 heteroatoms. The summed E-state index contributed by atoms with van der Waals surface area (Å²) in [6.45, 7) is 2.12. The van der Waals surface area contributed by atoms with Crippen molar-refractivity contribution in [3.8, 4) is 0 Å². The molecule has 1 fully saturated rings. The van der Waals surface area contributed by atoms with E-state index in [4.69, 9.17) is 0 Å². The first kappa shape index (κ1) is 15.7. The zero-order chi connectivity index (χ0) is 14.9. The Morgan fingerprint density at radius 1 is 1.00 bits per heavy atom. The lowest BCUT2D eigenvalue weighted by Gasteiger charge is -2.24. The SMILES string of the molecule is Cc1ccc(C2NN3C=CN=CC3C2c2ccncc2)cc1.Cl. The van der Waals surface area contributed by atoms with Crippen molar-refractivity contribution in [1.82, 2.24) is 15.4 Å². The molecule has 1 aromatic heterocycles. The molecule has 1 N–H and O–H groups in total. The first-order valence-corrected chi connectivity index (χ1v) is 7.54. The number of aliphatic imine (C=N–C) groups is 1. The van der Waals surface area contributed by atoms with Gasteiger partial charge in [-0.2, -0.15) is 0 Å². The third-order valence-electron chi connectivity index (χ3n) is 4.42. The van der Waals surface area contributed by atoms with Gasteiger partial charge in [-0.1, -0.05) is 29.8 Å². The van der Waals surface area contributed by atoms with Crippen LogP contribution in [0.5, 0.6) is 0 Å². The number of rotatable bonds is 2. The Labute approximate surface area is 142 Å². The van der Waals surface area contributed by atoms with Crippen molar-refractivity contribution in [3.05, 3.63) is 77.9 Å². The van der Waals surface area contributed by atoms with Crippen LogP contribution in [0.15, 0.2) is 66.2 Å². The minimum atomic E-state index is 0. The van der Waals surface area contributed by atoms with Gasteiger partial charge >= 0.3 is 0 Å². The maximum atomic E-state index is 4.33. The number of hydrogen-bond donors (Lipinski definition) is 1. The first-order valence-electron chi connectivity index (χ1n) is 7.54. The Balaban J connectivity index is 0.00000156. The van der Waals surface area contributed by atoms with Crippen molar-refractivity contribution in [3.63, 3.8) is 0 Å². The molecule has 2 aromatic rings. The number of nitrogens with zero attached hydrogens (tertiary/aromatic N) is 3. The van der Waals surface area contributed by atoms with E-state index < -0.39 is 0 Å². The third-order valence-corrected chi connectivity index (χ3v) is 4.42. The molecule has 0 amide bonds. The van der Waals surface area contributed by atoms with Gasteiger partial charge in [-0.3, -0.25) is 9.98 Å². The van der Waals surface area contributed by atoms with Crippen molar-refractivity contribution < 1.29 is 0 Å². The Bertz CT molecular complexity index is 712. The minimum Gasteiger partial charge on any atom is -0.304 e. The van der Waals surface area contributed by atoms with Crippen LogP contribution in [0.3, 0.4) is 0 Å². The lowest BCUT2D eigenvalue weighted by molar-refractivity contribution is 0.302. The van der Waals surface area contributed by atoms with E-state index in [9.17, 15) is 0 Å². The van der Waals surface area contributed by atoms with E-state index in [0.29, 0.717) is 5.92 Å². The maximum Gasteiger partial charge on any atom is 0.0887 e. The highest BCUT2D eigenvalue weighted by Crippen LogP contribution is 2.41. The molecule has 0 bridgehead atoms. The number of aryl methyl sites for hydroxylation is 1. The molecule has 0 radical (unpaired) electrons.